The molecular formula is C30H31Cl2N3O6S. The number of para-hydroxylation sites is 1. The predicted octanol–water partition coefficient (Wildman–Crippen LogP) is 8.00. The fraction of sp³-hybridized carbons (Fsp3) is 0.300. The molecule has 4 rings (SSSR count). The van der Waals surface area contributed by atoms with E-state index < -0.39 is 15.0 Å². The Morgan fingerprint density at radius 3 is 2.33 bits per heavy atom. The molecule has 1 aromatic heterocycles. The number of nitrogens with zero attached hydrogens (tertiary/aromatic N) is 3. The number of aromatic nitrogens is 2. The van der Waals surface area contributed by atoms with Crippen molar-refractivity contribution in [3.63, 3.8) is 0 Å². The molecule has 0 aliphatic rings. The topological polar surface area (TPSA) is 114 Å². The smallest absolute Gasteiger partial charge is 0.297 e. The summed E-state index contributed by atoms with van der Waals surface area (Å²) in [6.07, 6.45) is 2.23. The van der Waals surface area contributed by atoms with Crippen molar-refractivity contribution in [3.8, 4) is 11.4 Å². The van der Waals surface area contributed by atoms with Crippen LogP contribution in [-0.4, -0.2) is 29.7 Å². The lowest BCUT2D eigenvalue weighted by Gasteiger charge is -2.17. The van der Waals surface area contributed by atoms with Gasteiger partial charge in [0.05, 0.1) is 33.5 Å². The highest BCUT2D eigenvalue weighted by Crippen LogP contribution is 2.33. The Bertz CT molecular complexity index is 1680. The molecule has 0 radical (unpaired) electrons. The molecule has 0 aliphatic carbocycles. The highest BCUT2D eigenvalue weighted by molar-refractivity contribution is 7.86. The number of ether oxygens (including phenoxy) is 1. The first-order chi connectivity index (χ1) is 19.9. The first-order valence-electron chi connectivity index (χ1n) is 13.3. The second-order valence-electron chi connectivity index (χ2n) is 10.2. The van der Waals surface area contributed by atoms with Crippen LogP contribution >= 0.6 is 23.2 Å². The lowest BCUT2D eigenvalue weighted by molar-refractivity contribution is -0.385. The summed E-state index contributed by atoms with van der Waals surface area (Å²) in [5, 5.41) is 16.5. The quantitative estimate of drug-likeness (QED) is 0.0883. The Balaban J connectivity index is 1.43. The Morgan fingerprint density at radius 1 is 1.00 bits per heavy atom. The summed E-state index contributed by atoms with van der Waals surface area (Å²) in [6, 6.07) is 15.9. The molecule has 222 valence electrons. The number of aryl methyl sites for hydroxylation is 1. The molecule has 42 heavy (non-hydrogen) atoms. The summed E-state index contributed by atoms with van der Waals surface area (Å²) in [6.45, 7) is 8.28. The van der Waals surface area contributed by atoms with Crippen molar-refractivity contribution in [2.45, 2.75) is 57.5 Å². The van der Waals surface area contributed by atoms with Gasteiger partial charge in [0.15, 0.2) is 0 Å². The van der Waals surface area contributed by atoms with Gasteiger partial charge in [0.1, 0.15) is 22.9 Å². The lowest BCUT2D eigenvalue weighted by Crippen LogP contribution is -2.10. The van der Waals surface area contributed by atoms with Crippen LogP contribution in [0.25, 0.3) is 5.69 Å². The maximum atomic E-state index is 12.5. The molecular weight excluding hydrogens is 601 g/mol. The normalized spacial score (nSPS) is 12.5. The predicted molar refractivity (Wildman–Crippen MR) is 162 cm³/mol. The average molecular weight is 633 g/mol. The number of halogens is 2. The first-order valence-corrected chi connectivity index (χ1v) is 15.4. The molecule has 3 aromatic carbocycles. The van der Waals surface area contributed by atoms with E-state index in [4.69, 9.17) is 32.1 Å². The van der Waals surface area contributed by atoms with Gasteiger partial charge >= 0.3 is 0 Å². The number of hydrogen-bond donors (Lipinski definition) is 0. The van der Waals surface area contributed by atoms with Crippen LogP contribution in [0.15, 0.2) is 71.8 Å². The van der Waals surface area contributed by atoms with Crippen LogP contribution in [0.3, 0.4) is 0 Å². The third-order valence-corrected chi connectivity index (χ3v) is 8.84. The molecule has 0 saturated heterocycles. The highest BCUT2D eigenvalue weighted by atomic mass is 35.5. The van der Waals surface area contributed by atoms with E-state index in [1.165, 1.54) is 18.2 Å². The Morgan fingerprint density at radius 2 is 1.69 bits per heavy atom. The SMILES string of the molecule is Cc1cc(OCc2c(C(C)C)cnn2-c2c(Cl)cccc2Cl)ccc1C(C)CCOS(=O)(=O)c1cccc([N+](=O)[O-])c1. The van der Waals surface area contributed by atoms with Crippen molar-refractivity contribution in [3.05, 3.63) is 109 Å². The summed E-state index contributed by atoms with van der Waals surface area (Å²) in [7, 11) is -4.13. The maximum Gasteiger partial charge on any atom is 0.297 e. The zero-order valence-corrected chi connectivity index (χ0v) is 25.9. The monoisotopic (exact) mass is 631 g/mol. The van der Waals surface area contributed by atoms with E-state index in [1.54, 1.807) is 29.1 Å². The second kappa shape index (κ2) is 13.2. The van der Waals surface area contributed by atoms with Gasteiger partial charge in [0.2, 0.25) is 0 Å². The second-order valence-corrected chi connectivity index (χ2v) is 12.6. The van der Waals surface area contributed by atoms with Crippen LogP contribution in [0, 0.1) is 17.0 Å². The highest BCUT2D eigenvalue weighted by Gasteiger charge is 2.21. The number of hydrogen-bond acceptors (Lipinski definition) is 7. The van der Waals surface area contributed by atoms with E-state index in [1.807, 2.05) is 32.0 Å². The van der Waals surface area contributed by atoms with Crippen LogP contribution < -0.4 is 4.74 Å². The van der Waals surface area contributed by atoms with Gasteiger partial charge in [-0.1, -0.05) is 62.2 Å². The van der Waals surface area contributed by atoms with Gasteiger partial charge in [-0.2, -0.15) is 13.5 Å². The molecule has 1 heterocycles. The molecule has 12 heteroatoms. The third kappa shape index (κ3) is 7.12. The number of nitro groups is 1. The summed E-state index contributed by atoms with van der Waals surface area (Å²) in [5.41, 5.74) is 4.15. The van der Waals surface area contributed by atoms with E-state index in [2.05, 4.69) is 18.9 Å². The molecule has 0 amide bonds. The Hall–Kier alpha value is -3.44. The van der Waals surface area contributed by atoms with E-state index in [-0.39, 0.29) is 35.6 Å². The van der Waals surface area contributed by atoms with Crippen molar-refractivity contribution in [1.82, 2.24) is 9.78 Å². The van der Waals surface area contributed by atoms with Gasteiger partial charge in [0.25, 0.3) is 15.8 Å². The third-order valence-electron chi connectivity index (χ3n) is 6.93. The largest absolute Gasteiger partial charge is 0.487 e. The summed E-state index contributed by atoms with van der Waals surface area (Å²) < 4.78 is 38.2. The van der Waals surface area contributed by atoms with Crippen molar-refractivity contribution < 1.29 is 22.3 Å². The summed E-state index contributed by atoms with van der Waals surface area (Å²) in [5.74, 6) is 0.850. The maximum absolute atomic E-state index is 12.5. The van der Waals surface area contributed by atoms with Crippen LogP contribution in [0.5, 0.6) is 5.75 Å². The molecule has 0 bridgehead atoms. The fourth-order valence-corrected chi connectivity index (χ4v) is 6.17. The van der Waals surface area contributed by atoms with Crippen LogP contribution in [0.1, 0.15) is 61.4 Å². The van der Waals surface area contributed by atoms with Crippen molar-refractivity contribution in [2.24, 2.45) is 0 Å². The van der Waals surface area contributed by atoms with E-state index >= 15 is 0 Å². The zero-order chi connectivity index (χ0) is 30.6. The molecule has 0 saturated carbocycles. The van der Waals surface area contributed by atoms with Gasteiger partial charge in [0, 0.05) is 12.1 Å². The molecule has 0 aliphatic heterocycles. The minimum Gasteiger partial charge on any atom is -0.487 e. The standard InChI is InChI=1S/C30H31Cl2N3O6S/c1-19(2)26-17-33-34(30-27(31)9-6-10-28(30)32)29(26)18-40-23-11-12-25(21(4)15-23)20(3)13-14-41-42(38,39)24-8-5-7-22(16-24)35(36)37/h5-12,15-17,19-20H,13-14,18H2,1-4H3. The molecule has 0 fully saturated rings. The zero-order valence-electron chi connectivity index (χ0n) is 23.6. The van der Waals surface area contributed by atoms with Gasteiger partial charge in [-0.15, -0.1) is 0 Å². The molecule has 4 aromatic rings. The van der Waals surface area contributed by atoms with Gasteiger partial charge in [-0.05, 0) is 72.2 Å². The average Bonchev–Trinajstić information content (AvgIpc) is 3.35. The molecule has 1 unspecified atom stereocenters. The summed E-state index contributed by atoms with van der Waals surface area (Å²) in [4.78, 5) is 10.1. The first kappa shape index (κ1) is 31.5. The minimum absolute atomic E-state index is 0.0179. The molecule has 1 atom stereocenters. The lowest BCUT2D eigenvalue weighted by atomic mass is 9.94. The minimum atomic E-state index is -4.13. The van der Waals surface area contributed by atoms with E-state index in [0.717, 1.165) is 28.5 Å². The molecule has 0 N–H and O–H groups in total. The molecule has 9 nitrogen and oxygen atoms in total. The summed E-state index contributed by atoms with van der Waals surface area (Å²) >= 11 is 12.9. The Labute approximate surface area is 255 Å². The van der Waals surface area contributed by atoms with Crippen LogP contribution in [0.4, 0.5) is 5.69 Å². The Kier molecular flexibility index (Phi) is 9.93. The van der Waals surface area contributed by atoms with Crippen molar-refractivity contribution in [1.29, 1.82) is 0 Å². The molecule has 0 spiro atoms. The van der Waals surface area contributed by atoms with E-state index in [9.17, 15) is 18.5 Å². The van der Waals surface area contributed by atoms with E-state index in [0.29, 0.717) is 27.9 Å². The van der Waals surface area contributed by atoms with Crippen molar-refractivity contribution in [2.75, 3.05) is 6.61 Å². The van der Waals surface area contributed by atoms with Crippen molar-refractivity contribution >= 4 is 39.0 Å². The number of benzene rings is 3. The fourth-order valence-electron chi connectivity index (χ4n) is 4.65. The number of nitro benzene ring substituents is 1. The van der Waals surface area contributed by atoms with Gasteiger partial charge in [-0.3, -0.25) is 14.3 Å². The van der Waals surface area contributed by atoms with Gasteiger partial charge < -0.3 is 4.74 Å². The number of non-ortho nitro benzene ring substituents is 1. The van der Waals surface area contributed by atoms with Gasteiger partial charge in [-0.25, -0.2) is 4.68 Å². The van der Waals surface area contributed by atoms with Crippen LogP contribution in [-0.2, 0) is 20.9 Å². The van der Waals surface area contributed by atoms with Crippen LogP contribution in [0.2, 0.25) is 10.0 Å². The number of rotatable bonds is 12.